The van der Waals surface area contributed by atoms with Gasteiger partial charge in [0.15, 0.2) is 5.57 Å². The maximum atomic E-state index is 12.0. The molecule has 1 aliphatic heterocycles. The number of carboxylic acids is 1. The van der Waals surface area contributed by atoms with E-state index < -0.39 is 33.9 Å². The molecule has 114 valence electrons. The number of carbonyl (C=O) groups is 3. The van der Waals surface area contributed by atoms with Crippen LogP contribution in [0.1, 0.15) is 12.5 Å². The lowest BCUT2D eigenvalue weighted by Gasteiger charge is -2.05. The van der Waals surface area contributed by atoms with Crippen molar-refractivity contribution in [2.24, 2.45) is 0 Å². The van der Waals surface area contributed by atoms with Gasteiger partial charge in [-0.05, 0) is 13.0 Å². The first-order valence-corrected chi connectivity index (χ1v) is 6.11. The minimum absolute atomic E-state index is 0.0235. The van der Waals surface area contributed by atoms with E-state index >= 15 is 0 Å². The van der Waals surface area contributed by atoms with Crippen molar-refractivity contribution in [2.45, 2.75) is 6.92 Å². The Labute approximate surface area is 123 Å². The van der Waals surface area contributed by atoms with Crippen LogP contribution in [0, 0.1) is 10.1 Å². The standard InChI is InChI=1S/C13H10N2O7/c1-2-22-13(19)10(12(17)18)9-7-5-6(15(20)21)3-4-8(7)14-11(9)16/h3-5H,2H2,1H3,(H,14,16)(H,17,18). The minimum atomic E-state index is -1.65. The SMILES string of the molecule is CCOC(=O)C(C(=O)O)=C1C(=O)Nc2ccc([N+](=O)[O-])cc21. The first kappa shape index (κ1) is 15.2. The molecule has 0 spiro atoms. The molecule has 9 nitrogen and oxygen atoms in total. The van der Waals surface area contributed by atoms with Crippen LogP contribution in [-0.4, -0.2) is 34.5 Å². The van der Waals surface area contributed by atoms with E-state index in [0.717, 1.165) is 12.1 Å². The predicted molar refractivity (Wildman–Crippen MR) is 72.9 cm³/mol. The monoisotopic (exact) mass is 306 g/mol. The molecule has 9 heteroatoms. The van der Waals surface area contributed by atoms with Crippen LogP contribution in [0.4, 0.5) is 11.4 Å². The molecule has 1 aromatic rings. The molecule has 0 unspecified atom stereocenters. The van der Waals surface area contributed by atoms with Crippen molar-refractivity contribution in [2.75, 3.05) is 11.9 Å². The van der Waals surface area contributed by atoms with Gasteiger partial charge in [0.2, 0.25) is 0 Å². The van der Waals surface area contributed by atoms with Crippen molar-refractivity contribution < 1.29 is 29.2 Å². The highest BCUT2D eigenvalue weighted by molar-refractivity contribution is 6.40. The Bertz CT molecular complexity index is 736. The van der Waals surface area contributed by atoms with Crippen LogP contribution in [0.3, 0.4) is 0 Å². The van der Waals surface area contributed by atoms with E-state index in [1.165, 1.54) is 13.0 Å². The highest BCUT2D eigenvalue weighted by Crippen LogP contribution is 2.36. The third-order valence-corrected chi connectivity index (χ3v) is 2.90. The minimum Gasteiger partial charge on any atom is -0.477 e. The van der Waals surface area contributed by atoms with E-state index in [0.29, 0.717) is 0 Å². The maximum Gasteiger partial charge on any atom is 0.346 e. The molecule has 0 radical (unpaired) electrons. The van der Waals surface area contributed by atoms with E-state index in [1.807, 2.05) is 0 Å². The molecule has 0 fully saturated rings. The number of nitrogens with one attached hydrogen (secondary N) is 1. The zero-order valence-electron chi connectivity index (χ0n) is 11.3. The van der Waals surface area contributed by atoms with Crippen molar-refractivity contribution in [3.8, 4) is 0 Å². The smallest absolute Gasteiger partial charge is 0.346 e. The predicted octanol–water partition coefficient (Wildman–Crippen LogP) is 0.948. The molecule has 0 bridgehead atoms. The number of fused-ring (bicyclic) bond motifs is 1. The quantitative estimate of drug-likeness (QED) is 0.211. The normalized spacial score (nSPS) is 14.9. The second-order valence-corrected chi connectivity index (χ2v) is 4.22. The van der Waals surface area contributed by atoms with E-state index in [1.54, 1.807) is 0 Å². The summed E-state index contributed by atoms with van der Waals surface area (Å²) in [5.74, 6) is -3.66. The summed E-state index contributed by atoms with van der Waals surface area (Å²) in [6, 6.07) is 3.46. The molecule has 1 aromatic carbocycles. The molecule has 0 saturated carbocycles. The number of benzene rings is 1. The Kier molecular flexibility index (Phi) is 3.89. The number of rotatable bonds is 4. The Morgan fingerprint density at radius 3 is 2.64 bits per heavy atom. The number of anilines is 1. The first-order valence-electron chi connectivity index (χ1n) is 6.11. The number of amides is 1. The number of nitro benzene ring substituents is 1. The fourth-order valence-electron chi connectivity index (χ4n) is 2.02. The fraction of sp³-hybridized carbons (Fsp3) is 0.154. The second kappa shape index (κ2) is 5.64. The number of non-ortho nitro benzene ring substituents is 1. The number of ether oxygens (including phenoxy) is 1. The van der Waals surface area contributed by atoms with Crippen molar-refractivity contribution in [1.29, 1.82) is 0 Å². The van der Waals surface area contributed by atoms with E-state index in [2.05, 4.69) is 10.1 Å². The molecule has 22 heavy (non-hydrogen) atoms. The Morgan fingerprint density at radius 1 is 1.41 bits per heavy atom. The van der Waals surface area contributed by atoms with Gasteiger partial charge in [0.05, 0.1) is 17.1 Å². The Balaban J connectivity index is 2.69. The maximum absolute atomic E-state index is 12.0. The molecular weight excluding hydrogens is 296 g/mol. The lowest BCUT2D eigenvalue weighted by molar-refractivity contribution is -0.384. The van der Waals surface area contributed by atoms with Gasteiger partial charge in [0, 0.05) is 23.4 Å². The van der Waals surface area contributed by atoms with Crippen LogP contribution >= 0.6 is 0 Å². The molecule has 2 rings (SSSR count). The van der Waals surface area contributed by atoms with Gasteiger partial charge < -0.3 is 15.2 Å². The molecule has 1 heterocycles. The number of aliphatic carboxylic acids is 1. The van der Waals surface area contributed by atoms with Gasteiger partial charge in [-0.3, -0.25) is 14.9 Å². The lowest BCUT2D eigenvalue weighted by atomic mass is 10.0. The van der Waals surface area contributed by atoms with Crippen molar-refractivity contribution in [3.05, 3.63) is 39.4 Å². The molecule has 1 aliphatic rings. The average Bonchev–Trinajstić information content (AvgIpc) is 2.75. The van der Waals surface area contributed by atoms with Crippen LogP contribution in [-0.2, 0) is 19.1 Å². The molecule has 0 saturated heterocycles. The number of carbonyl (C=O) groups excluding carboxylic acids is 2. The summed E-state index contributed by atoms with van der Waals surface area (Å²) in [6.07, 6.45) is 0. The molecule has 0 aliphatic carbocycles. The van der Waals surface area contributed by atoms with Crippen LogP contribution in [0.2, 0.25) is 0 Å². The van der Waals surface area contributed by atoms with Crippen molar-refractivity contribution in [1.82, 2.24) is 0 Å². The van der Waals surface area contributed by atoms with Crippen molar-refractivity contribution in [3.63, 3.8) is 0 Å². The second-order valence-electron chi connectivity index (χ2n) is 4.22. The summed E-state index contributed by atoms with van der Waals surface area (Å²) in [5, 5.41) is 22.3. The third-order valence-electron chi connectivity index (χ3n) is 2.90. The van der Waals surface area contributed by atoms with Crippen LogP contribution in [0.15, 0.2) is 23.8 Å². The zero-order valence-corrected chi connectivity index (χ0v) is 11.3. The number of esters is 1. The summed E-state index contributed by atoms with van der Waals surface area (Å²) in [7, 11) is 0. The summed E-state index contributed by atoms with van der Waals surface area (Å²) < 4.78 is 4.63. The summed E-state index contributed by atoms with van der Waals surface area (Å²) >= 11 is 0. The number of nitrogens with zero attached hydrogens (tertiary/aromatic N) is 1. The average molecular weight is 306 g/mol. The Hall–Kier alpha value is -3.23. The van der Waals surface area contributed by atoms with Crippen LogP contribution in [0.5, 0.6) is 0 Å². The van der Waals surface area contributed by atoms with Crippen molar-refractivity contribution >= 4 is 34.8 Å². The van der Waals surface area contributed by atoms with E-state index in [4.69, 9.17) is 0 Å². The third kappa shape index (κ3) is 2.51. The van der Waals surface area contributed by atoms with Crippen LogP contribution in [0.25, 0.3) is 5.57 Å². The number of hydrogen-bond acceptors (Lipinski definition) is 6. The van der Waals surface area contributed by atoms with Gasteiger partial charge in [0.25, 0.3) is 11.6 Å². The molecular formula is C13H10N2O7. The van der Waals surface area contributed by atoms with Gasteiger partial charge in [0.1, 0.15) is 0 Å². The Morgan fingerprint density at radius 2 is 2.09 bits per heavy atom. The van der Waals surface area contributed by atoms with Gasteiger partial charge in [-0.25, -0.2) is 9.59 Å². The number of nitro groups is 1. The number of hydrogen-bond donors (Lipinski definition) is 2. The molecule has 1 amide bonds. The highest BCUT2D eigenvalue weighted by Gasteiger charge is 2.35. The fourth-order valence-corrected chi connectivity index (χ4v) is 2.02. The van der Waals surface area contributed by atoms with Crippen LogP contribution < -0.4 is 5.32 Å². The lowest BCUT2D eigenvalue weighted by Crippen LogP contribution is -2.20. The molecule has 0 atom stereocenters. The zero-order chi connectivity index (χ0) is 16.4. The highest BCUT2D eigenvalue weighted by atomic mass is 16.6. The molecule has 2 N–H and O–H groups in total. The van der Waals surface area contributed by atoms with Gasteiger partial charge in [-0.2, -0.15) is 0 Å². The number of carboxylic acid groups (broad SMARTS) is 1. The van der Waals surface area contributed by atoms with Gasteiger partial charge in [-0.15, -0.1) is 0 Å². The largest absolute Gasteiger partial charge is 0.477 e. The summed E-state index contributed by atoms with van der Waals surface area (Å²) in [6.45, 7) is 1.40. The summed E-state index contributed by atoms with van der Waals surface area (Å²) in [4.78, 5) is 45.1. The van der Waals surface area contributed by atoms with Gasteiger partial charge in [-0.1, -0.05) is 0 Å². The van der Waals surface area contributed by atoms with E-state index in [-0.39, 0.29) is 23.5 Å². The van der Waals surface area contributed by atoms with Gasteiger partial charge >= 0.3 is 11.9 Å². The topological polar surface area (TPSA) is 136 Å². The molecule has 0 aromatic heterocycles. The first-order chi connectivity index (χ1) is 10.4. The van der Waals surface area contributed by atoms with E-state index in [9.17, 15) is 29.6 Å². The summed E-state index contributed by atoms with van der Waals surface area (Å²) in [5.41, 5.74) is -1.48.